The van der Waals surface area contributed by atoms with Gasteiger partial charge in [0, 0.05) is 98.0 Å². The van der Waals surface area contributed by atoms with Crippen LogP contribution >= 0.6 is 0 Å². The van der Waals surface area contributed by atoms with E-state index < -0.39 is 10.8 Å². The third-order valence-corrected chi connectivity index (χ3v) is 16.4. The second-order valence-electron chi connectivity index (χ2n) is 29.6. The van der Waals surface area contributed by atoms with Crippen molar-refractivity contribution >= 4 is 22.8 Å². The Hall–Kier alpha value is -5.28. The van der Waals surface area contributed by atoms with E-state index in [4.69, 9.17) is 20.0 Å². The molecule has 80 heavy (non-hydrogen) atoms. The third-order valence-electron chi connectivity index (χ3n) is 16.4. The number of phenolic OH excluding ortho intramolecular Hbond substituents is 2. The quantitative estimate of drug-likeness (QED) is 0.162. The predicted molar refractivity (Wildman–Crippen MR) is 328 cm³/mol. The van der Waals surface area contributed by atoms with Crippen LogP contribution in [0.2, 0.25) is 0 Å². The van der Waals surface area contributed by atoms with E-state index in [-0.39, 0.29) is 74.6 Å². The van der Waals surface area contributed by atoms with Crippen molar-refractivity contribution in [3.05, 3.63) is 165 Å². The maximum Gasteiger partial charge on any atom is 0.128 e. The van der Waals surface area contributed by atoms with Gasteiger partial charge in [0.1, 0.15) is 11.5 Å². The summed E-state index contributed by atoms with van der Waals surface area (Å²) < 4.78 is 0. The molecule has 9 rings (SSSR count). The van der Waals surface area contributed by atoms with Crippen molar-refractivity contribution in [3.63, 3.8) is 0 Å². The van der Waals surface area contributed by atoms with Gasteiger partial charge in [-0.1, -0.05) is 229 Å². The molecule has 0 saturated heterocycles. The average Bonchev–Trinajstić information content (AvgIpc) is 3.76. The molecule has 8 heteroatoms. The zero-order valence-electron chi connectivity index (χ0n) is 51.6. The van der Waals surface area contributed by atoms with Gasteiger partial charge in [-0.25, -0.2) is 0 Å². The van der Waals surface area contributed by atoms with Crippen molar-refractivity contribution in [2.75, 3.05) is 0 Å². The molecule has 0 fully saturated rings. The fourth-order valence-electron chi connectivity index (χ4n) is 11.2. The molecule has 0 saturated carbocycles. The summed E-state index contributed by atoms with van der Waals surface area (Å²) in [7, 11) is 0. The van der Waals surface area contributed by atoms with Crippen molar-refractivity contribution in [2.45, 2.75) is 196 Å². The number of aliphatic imine (C=N–C) groups is 2. The van der Waals surface area contributed by atoms with Crippen LogP contribution in [-0.2, 0) is 85.5 Å². The first kappa shape index (κ1) is 62.3. The molecule has 1 aromatic heterocycles. The number of phenols is 2. The molecular formula is C72H84N4O2Pt2-2. The molecule has 0 atom stereocenters. The Morgan fingerprint density at radius 1 is 0.375 bits per heavy atom. The summed E-state index contributed by atoms with van der Waals surface area (Å²) in [5.74, 6) is 0.593. The monoisotopic (exact) mass is 1430 g/mol. The van der Waals surface area contributed by atoms with E-state index in [1.165, 1.54) is 11.1 Å². The number of aromatic nitrogens is 2. The fraction of sp³-hybridized carbons (Fsp3) is 0.417. The minimum absolute atomic E-state index is 0. The van der Waals surface area contributed by atoms with E-state index in [0.717, 1.165) is 112 Å². The Morgan fingerprint density at radius 3 is 1.00 bits per heavy atom. The van der Waals surface area contributed by atoms with Crippen molar-refractivity contribution < 1.29 is 52.3 Å². The van der Waals surface area contributed by atoms with Crippen LogP contribution in [0.4, 0.5) is 11.4 Å². The van der Waals surface area contributed by atoms with Crippen LogP contribution in [0, 0.1) is 12.1 Å². The largest absolute Gasteiger partial charge is 0.507 e. The third kappa shape index (κ3) is 11.5. The van der Waals surface area contributed by atoms with E-state index in [9.17, 15) is 10.2 Å². The average molecular weight is 1430 g/mol. The van der Waals surface area contributed by atoms with E-state index in [1.54, 1.807) is 6.33 Å². The number of hydrogen-bond donors (Lipinski definition) is 2. The number of para-hydroxylation sites is 2. The number of benzene rings is 6. The summed E-state index contributed by atoms with van der Waals surface area (Å²) in [6, 6.07) is 40.3. The minimum atomic E-state index is -0.501. The first-order valence-corrected chi connectivity index (χ1v) is 28.0. The van der Waals surface area contributed by atoms with E-state index in [0.29, 0.717) is 11.5 Å². The number of rotatable bonds is 6. The summed E-state index contributed by atoms with van der Waals surface area (Å²) in [6.07, 6.45) is 1.66. The number of fused-ring (bicyclic) bond motifs is 2. The van der Waals surface area contributed by atoms with Crippen LogP contribution in [0.1, 0.15) is 208 Å². The van der Waals surface area contributed by atoms with Crippen LogP contribution in [0.3, 0.4) is 0 Å². The van der Waals surface area contributed by atoms with Crippen molar-refractivity contribution in [1.29, 1.82) is 0 Å². The number of aromatic hydroxyl groups is 2. The molecule has 2 aliphatic rings. The van der Waals surface area contributed by atoms with Crippen molar-refractivity contribution in [1.82, 2.24) is 9.97 Å². The van der Waals surface area contributed by atoms with Gasteiger partial charge in [0.15, 0.2) is 0 Å². The maximum absolute atomic E-state index is 12.1. The Labute approximate surface area is 508 Å². The molecule has 6 nitrogen and oxygen atoms in total. The molecule has 0 bridgehead atoms. The number of nitrogens with zero attached hydrogens (tertiary/aromatic N) is 4. The van der Waals surface area contributed by atoms with Gasteiger partial charge in [0.25, 0.3) is 0 Å². The molecule has 0 spiro atoms. The Morgan fingerprint density at radius 2 is 0.688 bits per heavy atom. The summed E-state index contributed by atoms with van der Waals surface area (Å²) in [4.78, 5) is 21.0. The van der Waals surface area contributed by atoms with Crippen LogP contribution in [0.15, 0.2) is 107 Å². The van der Waals surface area contributed by atoms with Gasteiger partial charge in [-0.15, -0.1) is 58.7 Å². The Bertz CT molecular complexity index is 3410. The zero-order valence-corrected chi connectivity index (χ0v) is 56.1. The molecule has 0 amide bonds. The molecule has 0 unspecified atom stereocenters. The Kier molecular flexibility index (Phi) is 16.2. The molecule has 0 radical (unpaired) electrons. The van der Waals surface area contributed by atoms with Gasteiger partial charge in [0.05, 0.1) is 17.8 Å². The molecule has 3 heterocycles. The number of hydrogen-bond acceptors (Lipinski definition) is 6. The minimum Gasteiger partial charge on any atom is -0.507 e. The topological polar surface area (TPSA) is 91.0 Å². The van der Waals surface area contributed by atoms with Gasteiger partial charge in [-0.2, -0.15) is 0 Å². The van der Waals surface area contributed by atoms with Gasteiger partial charge in [-0.3, -0.25) is 20.0 Å². The van der Waals surface area contributed by atoms with Crippen molar-refractivity contribution in [2.24, 2.45) is 9.98 Å². The molecule has 2 aliphatic heterocycles. The second-order valence-corrected chi connectivity index (χ2v) is 29.6. The van der Waals surface area contributed by atoms with Crippen molar-refractivity contribution in [3.8, 4) is 56.3 Å². The van der Waals surface area contributed by atoms with Crippen LogP contribution in [-0.4, -0.2) is 31.6 Å². The van der Waals surface area contributed by atoms with Gasteiger partial charge in [-0.05, 0) is 66.9 Å². The predicted octanol–water partition coefficient (Wildman–Crippen LogP) is 18.8. The second kappa shape index (κ2) is 20.9. The van der Waals surface area contributed by atoms with Gasteiger partial charge >= 0.3 is 0 Å². The van der Waals surface area contributed by atoms with Crippen LogP contribution in [0.25, 0.3) is 44.8 Å². The standard InChI is InChI=1S/C72H84N4O2.2Pt/c1-65(2,3)45-31-41(49-25-23-27-53-59(49)75-63(71(53,19)20)51-35-47(67(7,8)9)37-55(61(51)77)69(13,14)15)29-43(33-45)57-39-58(74-40-73-57)44-30-42(32-46(34-44)66(4,5)6)50-26-24-28-54-60(50)76-64(72(54,21)22)52-36-48(68(10,11)12)38-56(62(52)78)70(16,17)18;;/h23-28,31-40,77-78H,1-22H3;;/q-2;;. The Balaban J connectivity index is 0.00000462. The SMILES string of the molecule is CC(C)(C)c1cc(-c2cc(-c3[c-]c(-c4cccc5c4N=C(c4cc(C(C)(C)C)cc(C(C)(C)C)c4O)C5(C)C)cc(C(C)(C)C)c3)ncn2)[c-]c(-c2cccc3c2N=C(c2cc(C(C)(C)C)cc(C(C)(C)C)c2O)C3(C)C)c1.[Pt].[Pt]. The molecule has 2 N–H and O–H groups in total. The smallest absolute Gasteiger partial charge is 0.128 e. The van der Waals surface area contributed by atoms with Crippen LogP contribution in [0.5, 0.6) is 11.5 Å². The van der Waals surface area contributed by atoms with E-state index in [2.05, 4.69) is 255 Å². The molecule has 7 aromatic rings. The normalized spacial score (nSPS) is 15.1. The summed E-state index contributed by atoms with van der Waals surface area (Å²) in [5, 5.41) is 24.3. The van der Waals surface area contributed by atoms with Crippen LogP contribution < -0.4 is 0 Å². The summed E-state index contributed by atoms with van der Waals surface area (Å²) in [5.41, 5.74) is 18.5. The molecule has 0 aliphatic carbocycles. The fourth-order valence-corrected chi connectivity index (χ4v) is 11.2. The maximum atomic E-state index is 12.1. The zero-order chi connectivity index (χ0) is 57.4. The summed E-state index contributed by atoms with van der Waals surface area (Å²) in [6.45, 7) is 48.6. The summed E-state index contributed by atoms with van der Waals surface area (Å²) >= 11 is 0. The van der Waals surface area contributed by atoms with E-state index >= 15 is 0 Å². The first-order chi connectivity index (χ1) is 35.8. The van der Waals surface area contributed by atoms with Gasteiger partial charge < -0.3 is 10.2 Å². The molecular weight excluding hydrogens is 1340 g/mol. The molecule has 426 valence electrons. The first-order valence-electron chi connectivity index (χ1n) is 28.0. The molecule has 6 aromatic carbocycles. The van der Waals surface area contributed by atoms with Gasteiger partial charge in [0.2, 0.25) is 0 Å². The van der Waals surface area contributed by atoms with E-state index in [1.807, 2.05) is 0 Å².